The van der Waals surface area contributed by atoms with Crippen molar-refractivity contribution in [1.82, 2.24) is 19.6 Å². The monoisotopic (exact) mass is 374 g/mol. The standard InChI is InChI=1S/C17H12ClFN4OS/c1-10-15(23-8-12(18)4-7-14(23)20-10)16-21-22-17(24-16)25-9-11-2-5-13(19)6-3-11/h2-8H,9H2,1H3. The molecule has 3 aromatic heterocycles. The number of fused-ring (bicyclic) bond motifs is 1. The SMILES string of the molecule is Cc1nc2ccc(Cl)cn2c1-c1nnc(SCc2ccc(F)cc2)o1. The van der Waals surface area contributed by atoms with Gasteiger partial charge in [0.15, 0.2) is 0 Å². The quantitative estimate of drug-likeness (QED) is 0.481. The van der Waals surface area contributed by atoms with Crippen molar-refractivity contribution in [1.29, 1.82) is 0 Å². The summed E-state index contributed by atoms with van der Waals surface area (Å²) < 4.78 is 20.5. The highest BCUT2D eigenvalue weighted by Gasteiger charge is 2.17. The molecule has 0 fully saturated rings. The lowest BCUT2D eigenvalue weighted by Gasteiger charge is -1.99. The lowest BCUT2D eigenvalue weighted by Crippen LogP contribution is -1.89. The Kier molecular flexibility index (Phi) is 4.19. The molecule has 4 rings (SSSR count). The third-order valence-electron chi connectivity index (χ3n) is 3.64. The summed E-state index contributed by atoms with van der Waals surface area (Å²) in [5.41, 5.74) is 3.24. The average molecular weight is 375 g/mol. The number of aromatic nitrogens is 4. The van der Waals surface area contributed by atoms with Crippen LogP contribution in [0.3, 0.4) is 0 Å². The first-order valence-corrected chi connectivity index (χ1v) is 8.82. The second kappa shape index (κ2) is 6.50. The van der Waals surface area contributed by atoms with Gasteiger partial charge < -0.3 is 4.42 Å². The van der Waals surface area contributed by atoms with Crippen molar-refractivity contribution in [3.05, 3.63) is 64.7 Å². The van der Waals surface area contributed by atoms with Crippen molar-refractivity contribution >= 4 is 29.0 Å². The Hall–Kier alpha value is -2.38. The van der Waals surface area contributed by atoms with Gasteiger partial charge in [0, 0.05) is 11.9 Å². The highest BCUT2D eigenvalue weighted by atomic mass is 35.5. The van der Waals surface area contributed by atoms with E-state index in [9.17, 15) is 4.39 Å². The van der Waals surface area contributed by atoms with E-state index in [-0.39, 0.29) is 5.82 Å². The van der Waals surface area contributed by atoms with Crippen LogP contribution >= 0.6 is 23.4 Å². The normalized spacial score (nSPS) is 11.3. The van der Waals surface area contributed by atoms with E-state index in [4.69, 9.17) is 16.0 Å². The number of pyridine rings is 1. The van der Waals surface area contributed by atoms with E-state index in [0.717, 1.165) is 22.6 Å². The average Bonchev–Trinajstić information content (AvgIpc) is 3.17. The molecule has 0 radical (unpaired) electrons. The third-order valence-corrected chi connectivity index (χ3v) is 4.75. The fourth-order valence-electron chi connectivity index (χ4n) is 2.48. The largest absolute Gasteiger partial charge is 0.410 e. The van der Waals surface area contributed by atoms with Crippen molar-refractivity contribution in [3.8, 4) is 11.6 Å². The molecule has 0 aliphatic carbocycles. The van der Waals surface area contributed by atoms with Crippen LogP contribution in [0.1, 0.15) is 11.3 Å². The molecule has 0 saturated heterocycles. The van der Waals surface area contributed by atoms with E-state index >= 15 is 0 Å². The van der Waals surface area contributed by atoms with Crippen LogP contribution in [-0.4, -0.2) is 19.6 Å². The number of halogens is 2. The van der Waals surface area contributed by atoms with Crippen LogP contribution in [0.4, 0.5) is 4.39 Å². The number of nitrogens with zero attached hydrogens (tertiary/aromatic N) is 4. The Morgan fingerprint density at radius 2 is 1.96 bits per heavy atom. The zero-order valence-electron chi connectivity index (χ0n) is 13.1. The van der Waals surface area contributed by atoms with Crippen LogP contribution in [0.5, 0.6) is 0 Å². The van der Waals surface area contributed by atoms with Crippen molar-refractivity contribution in [2.75, 3.05) is 0 Å². The predicted molar refractivity (Wildman–Crippen MR) is 94.2 cm³/mol. The first-order valence-electron chi connectivity index (χ1n) is 7.45. The van der Waals surface area contributed by atoms with Crippen molar-refractivity contribution in [2.45, 2.75) is 17.9 Å². The van der Waals surface area contributed by atoms with E-state index in [2.05, 4.69) is 15.2 Å². The molecule has 0 amide bonds. The Morgan fingerprint density at radius 3 is 2.76 bits per heavy atom. The summed E-state index contributed by atoms with van der Waals surface area (Å²) in [5, 5.41) is 9.23. The van der Waals surface area contributed by atoms with Gasteiger partial charge in [-0.25, -0.2) is 9.37 Å². The highest BCUT2D eigenvalue weighted by molar-refractivity contribution is 7.98. The number of aryl methyl sites for hydroxylation is 1. The molecule has 0 saturated carbocycles. The molecule has 0 aliphatic rings. The highest BCUT2D eigenvalue weighted by Crippen LogP contribution is 2.29. The maximum absolute atomic E-state index is 12.9. The number of hydrogen-bond acceptors (Lipinski definition) is 5. The first kappa shape index (κ1) is 16.1. The summed E-state index contributed by atoms with van der Waals surface area (Å²) in [6, 6.07) is 9.94. The van der Waals surface area contributed by atoms with Crippen molar-refractivity contribution in [3.63, 3.8) is 0 Å². The fourth-order valence-corrected chi connectivity index (χ4v) is 3.36. The van der Waals surface area contributed by atoms with Gasteiger partial charge in [-0.15, -0.1) is 10.2 Å². The van der Waals surface area contributed by atoms with Gasteiger partial charge in [0.05, 0.1) is 10.7 Å². The summed E-state index contributed by atoms with van der Waals surface area (Å²) in [5.74, 6) is 0.740. The number of hydrogen-bond donors (Lipinski definition) is 0. The van der Waals surface area contributed by atoms with Crippen molar-refractivity contribution < 1.29 is 8.81 Å². The molecule has 0 atom stereocenters. The summed E-state index contributed by atoms with van der Waals surface area (Å²) in [6.07, 6.45) is 1.77. The van der Waals surface area contributed by atoms with Gasteiger partial charge in [-0.1, -0.05) is 35.5 Å². The van der Waals surface area contributed by atoms with E-state index in [1.165, 1.54) is 23.9 Å². The van der Waals surface area contributed by atoms with Crippen LogP contribution in [0.25, 0.3) is 17.2 Å². The minimum absolute atomic E-state index is 0.254. The van der Waals surface area contributed by atoms with Gasteiger partial charge in [0.2, 0.25) is 0 Å². The van der Waals surface area contributed by atoms with Gasteiger partial charge >= 0.3 is 0 Å². The molecule has 5 nitrogen and oxygen atoms in total. The molecule has 1 aromatic carbocycles. The van der Waals surface area contributed by atoms with Gasteiger partial charge in [0.25, 0.3) is 11.1 Å². The minimum Gasteiger partial charge on any atom is -0.410 e. The van der Waals surface area contributed by atoms with Gasteiger partial charge in [-0.3, -0.25) is 4.40 Å². The molecule has 8 heteroatoms. The fraction of sp³-hybridized carbons (Fsp3) is 0.118. The molecule has 0 N–H and O–H groups in total. The van der Waals surface area contributed by atoms with Crippen LogP contribution in [0, 0.1) is 12.7 Å². The minimum atomic E-state index is -0.254. The molecule has 4 aromatic rings. The summed E-state index contributed by atoms with van der Waals surface area (Å²) in [7, 11) is 0. The zero-order chi connectivity index (χ0) is 17.4. The predicted octanol–water partition coefficient (Wildman–Crippen LogP) is 4.78. The van der Waals surface area contributed by atoms with Crippen LogP contribution in [-0.2, 0) is 5.75 Å². The summed E-state index contributed by atoms with van der Waals surface area (Å²) in [6.45, 7) is 1.88. The molecule has 126 valence electrons. The zero-order valence-corrected chi connectivity index (χ0v) is 14.7. The van der Waals surface area contributed by atoms with Gasteiger partial charge in [-0.05, 0) is 36.8 Å². The second-order valence-corrected chi connectivity index (χ2v) is 6.77. The molecule has 0 unspecified atom stereocenters. The van der Waals surface area contributed by atoms with Crippen LogP contribution < -0.4 is 0 Å². The first-order chi connectivity index (χ1) is 12.1. The van der Waals surface area contributed by atoms with Crippen molar-refractivity contribution in [2.24, 2.45) is 0 Å². The smallest absolute Gasteiger partial charge is 0.277 e. The molecule has 0 bridgehead atoms. The lowest BCUT2D eigenvalue weighted by molar-refractivity contribution is 0.464. The third kappa shape index (κ3) is 3.25. The Bertz CT molecular complexity index is 1040. The number of thioether (sulfide) groups is 1. The summed E-state index contributed by atoms with van der Waals surface area (Å²) in [4.78, 5) is 4.48. The molecular formula is C17H12ClFN4OS. The summed E-state index contributed by atoms with van der Waals surface area (Å²) >= 11 is 7.47. The molecular weight excluding hydrogens is 363 g/mol. The van der Waals surface area contributed by atoms with E-state index in [1.54, 1.807) is 24.4 Å². The van der Waals surface area contributed by atoms with E-state index in [0.29, 0.717) is 21.9 Å². The Morgan fingerprint density at radius 1 is 1.16 bits per heavy atom. The molecule has 0 spiro atoms. The van der Waals surface area contributed by atoms with E-state index < -0.39 is 0 Å². The molecule has 0 aliphatic heterocycles. The number of rotatable bonds is 4. The topological polar surface area (TPSA) is 56.2 Å². The van der Waals surface area contributed by atoms with Crippen LogP contribution in [0.2, 0.25) is 5.02 Å². The lowest BCUT2D eigenvalue weighted by atomic mass is 10.2. The van der Waals surface area contributed by atoms with Gasteiger partial charge in [0.1, 0.15) is 17.2 Å². The van der Waals surface area contributed by atoms with Gasteiger partial charge in [-0.2, -0.15) is 0 Å². The maximum atomic E-state index is 12.9. The molecule has 25 heavy (non-hydrogen) atoms. The number of benzene rings is 1. The van der Waals surface area contributed by atoms with E-state index in [1.807, 2.05) is 17.4 Å². The Balaban J connectivity index is 1.60. The Labute approximate surface area is 151 Å². The second-order valence-electron chi connectivity index (χ2n) is 5.41. The maximum Gasteiger partial charge on any atom is 0.277 e. The van der Waals surface area contributed by atoms with Crippen LogP contribution in [0.15, 0.2) is 52.2 Å². The molecule has 3 heterocycles. The number of imidazole rings is 1.